The monoisotopic (exact) mass is 306 g/mol. The van der Waals surface area contributed by atoms with E-state index in [0.29, 0.717) is 10.9 Å². The van der Waals surface area contributed by atoms with Crippen LogP contribution in [0.1, 0.15) is 24.3 Å². The number of hydrogen-bond donors (Lipinski definition) is 2. The molecule has 21 heavy (non-hydrogen) atoms. The lowest BCUT2D eigenvalue weighted by molar-refractivity contribution is -0.122. The summed E-state index contributed by atoms with van der Waals surface area (Å²) in [5, 5.41) is 12.4. The van der Waals surface area contributed by atoms with Gasteiger partial charge in [-0.2, -0.15) is 0 Å². The Bertz CT molecular complexity index is 612. The van der Waals surface area contributed by atoms with Gasteiger partial charge in [0.15, 0.2) is 11.2 Å². The number of aliphatic hydroxyl groups is 1. The second-order valence-corrected chi connectivity index (χ2v) is 5.66. The van der Waals surface area contributed by atoms with E-state index in [1.165, 1.54) is 11.3 Å². The summed E-state index contributed by atoms with van der Waals surface area (Å²) < 4.78 is 5.58. The van der Waals surface area contributed by atoms with E-state index in [1.54, 1.807) is 37.4 Å². The first-order chi connectivity index (χ1) is 10.1. The van der Waals surface area contributed by atoms with Crippen LogP contribution in [0.5, 0.6) is 5.75 Å². The van der Waals surface area contributed by atoms with Crippen molar-refractivity contribution in [1.82, 2.24) is 4.98 Å². The van der Waals surface area contributed by atoms with Crippen molar-refractivity contribution in [3.8, 4) is 5.75 Å². The molecule has 0 saturated heterocycles. The molecule has 5 nitrogen and oxygen atoms in total. The summed E-state index contributed by atoms with van der Waals surface area (Å²) >= 11 is 1.46. The third kappa shape index (κ3) is 4.27. The molecule has 112 valence electrons. The molecule has 2 N–H and O–H groups in total. The van der Waals surface area contributed by atoms with E-state index < -0.39 is 6.10 Å². The number of anilines is 1. The fourth-order valence-electron chi connectivity index (χ4n) is 1.71. The molecule has 0 fully saturated rings. The predicted molar refractivity (Wildman–Crippen MR) is 82.6 cm³/mol. The average molecular weight is 306 g/mol. The molecule has 0 spiro atoms. The molecule has 1 unspecified atom stereocenters. The Hall–Kier alpha value is -1.92. The zero-order chi connectivity index (χ0) is 15.2. The van der Waals surface area contributed by atoms with Gasteiger partial charge in [-0.05, 0) is 31.0 Å². The molecule has 1 amide bonds. The van der Waals surface area contributed by atoms with Crippen molar-refractivity contribution in [2.24, 2.45) is 0 Å². The molecule has 1 aromatic carbocycles. The fraction of sp³-hybridized carbons (Fsp3) is 0.333. The lowest BCUT2D eigenvalue weighted by Crippen LogP contribution is -2.30. The number of benzene rings is 1. The number of carbonyl (C=O) groups is 1. The first-order valence-electron chi connectivity index (χ1n) is 6.74. The van der Waals surface area contributed by atoms with Crippen LogP contribution in [0.15, 0.2) is 30.5 Å². The molecule has 1 aromatic heterocycles. The summed E-state index contributed by atoms with van der Waals surface area (Å²) in [6, 6.07) is 7.03. The van der Waals surface area contributed by atoms with Crippen molar-refractivity contribution in [3.05, 3.63) is 40.9 Å². The Morgan fingerprint density at radius 2 is 2.33 bits per heavy atom. The van der Waals surface area contributed by atoms with E-state index in [1.807, 2.05) is 6.92 Å². The number of ether oxygens (including phenoxy) is 1. The molecular formula is C15H18N2O3S. The molecule has 0 saturated carbocycles. The second kappa shape index (κ2) is 7.19. The van der Waals surface area contributed by atoms with Gasteiger partial charge < -0.3 is 9.84 Å². The van der Waals surface area contributed by atoms with Gasteiger partial charge in [0, 0.05) is 11.1 Å². The minimum Gasteiger partial charge on any atom is -0.481 e. The largest absolute Gasteiger partial charge is 0.481 e. The van der Waals surface area contributed by atoms with Crippen LogP contribution in [0.3, 0.4) is 0 Å². The van der Waals surface area contributed by atoms with Crippen LogP contribution in [-0.4, -0.2) is 22.1 Å². The van der Waals surface area contributed by atoms with Crippen molar-refractivity contribution < 1.29 is 14.6 Å². The van der Waals surface area contributed by atoms with Gasteiger partial charge in [0.1, 0.15) is 5.75 Å². The average Bonchev–Trinajstić information content (AvgIpc) is 2.95. The topological polar surface area (TPSA) is 71.5 Å². The molecule has 0 aliphatic rings. The molecule has 0 aliphatic heterocycles. The number of hydrogen-bond acceptors (Lipinski definition) is 5. The minimum absolute atomic E-state index is 0.0588. The van der Waals surface area contributed by atoms with Crippen LogP contribution in [0.25, 0.3) is 0 Å². The van der Waals surface area contributed by atoms with Crippen molar-refractivity contribution in [3.63, 3.8) is 0 Å². The van der Waals surface area contributed by atoms with E-state index in [9.17, 15) is 4.79 Å². The van der Waals surface area contributed by atoms with Gasteiger partial charge >= 0.3 is 0 Å². The summed E-state index contributed by atoms with van der Waals surface area (Å²) in [5.41, 5.74) is 0.743. The maximum atomic E-state index is 12.1. The Morgan fingerprint density at radius 1 is 1.52 bits per heavy atom. The van der Waals surface area contributed by atoms with E-state index in [0.717, 1.165) is 16.9 Å². The van der Waals surface area contributed by atoms with E-state index in [-0.39, 0.29) is 12.5 Å². The molecule has 0 radical (unpaired) electrons. The van der Waals surface area contributed by atoms with Crippen LogP contribution in [0, 0.1) is 0 Å². The van der Waals surface area contributed by atoms with Gasteiger partial charge in [-0.25, -0.2) is 4.98 Å². The Morgan fingerprint density at radius 3 is 3.00 bits per heavy atom. The predicted octanol–water partition coefficient (Wildman–Crippen LogP) is 2.60. The fourth-order valence-corrected chi connectivity index (χ4v) is 2.47. The van der Waals surface area contributed by atoms with Crippen LogP contribution < -0.4 is 10.1 Å². The van der Waals surface area contributed by atoms with Gasteiger partial charge in [-0.15, -0.1) is 11.3 Å². The number of amides is 1. The Kier molecular flexibility index (Phi) is 5.30. The molecule has 6 heteroatoms. The van der Waals surface area contributed by atoms with Crippen LogP contribution in [0.4, 0.5) is 5.13 Å². The lowest BCUT2D eigenvalue weighted by atomic mass is 10.2. The third-order valence-electron chi connectivity index (χ3n) is 2.90. The van der Waals surface area contributed by atoms with Gasteiger partial charge in [0.05, 0.1) is 6.61 Å². The number of rotatable bonds is 6. The van der Waals surface area contributed by atoms with E-state index >= 15 is 0 Å². The number of aliphatic hydroxyl groups excluding tert-OH is 1. The first-order valence-corrected chi connectivity index (χ1v) is 7.56. The highest BCUT2D eigenvalue weighted by Gasteiger charge is 2.16. The normalized spacial score (nSPS) is 12.0. The smallest absolute Gasteiger partial charge is 0.266 e. The van der Waals surface area contributed by atoms with Crippen LogP contribution >= 0.6 is 11.3 Å². The molecule has 0 aliphatic carbocycles. The molecule has 1 atom stereocenters. The quantitative estimate of drug-likeness (QED) is 0.860. The van der Waals surface area contributed by atoms with Crippen molar-refractivity contribution in [1.29, 1.82) is 0 Å². The van der Waals surface area contributed by atoms with E-state index in [2.05, 4.69) is 10.3 Å². The zero-order valence-corrected chi connectivity index (χ0v) is 12.8. The summed E-state index contributed by atoms with van der Waals surface area (Å²) in [6.07, 6.45) is 2.01. The van der Waals surface area contributed by atoms with Gasteiger partial charge in [-0.1, -0.05) is 19.1 Å². The lowest BCUT2D eigenvalue weighted by Gasteiger charge is -2.14. The summed E-state index contributed by atoms with van der Waals surface area (Å²) in [6.45, 7) is 3.66. The highest BCUT2D eigenvalue weighted by Crippen LogP contribution is 2.19. The van der Waals surface area contributed by atoms with Crippen molar-refractivity contribution >= 4 is 22.4 Å². The summed E-state index contributed by atoms with van der Waals surface area (Å²) in [5.74, 6) is 0.305. The second-order valence-electron chi connectivity index (χ2n) is 4.54. The zero-order valence-electron chi connectivity index (χ0n) is 12.0. The van der Waals surface area contributed by atoms with Crippen molar-refractivity contribution in [2.45, 2.75) is 33.0 Å². The number of aromatic nitrogens is 1. The molecule has 0 bridgehead atoms. The van der Waals surface area contributed by atoms with Crippen molar-refractivity contribution in [2.75, 3.05) is 5.32 Å². The number of thiazole rings is 1. The molecule has 1 heterocycles. The minimum atomic E-state index is -0.645. The first kappa shape index (κ1) is 15.5. The highest BCUT2D eigenvalue weighted by atomic mass is 32.1. The summed E-state index contributed by atoms with van der Waals surface area (Å²) in [7, 11) is 0. The standard InChI is InChI=1S/C15H18N2O3S/c1-3-13-8-16-15(21-13)17-14(19)10(2)20-12-6-4-5-11(7-12)9-18/h4-8,10,18H,3,9H2,1-2H3,(H,16,17,19). The van der Waals surface area contributed by atoms with Gasteiger partial charge in [0.2, 0.25) is 0 Å². The Balaban J connectivity index is 1.95. The Labute approximate surface area is 127 Å². The molecule has 2 aromatic rings. The maximum absolute atomic E-state index is 12.1. The number of nitrogens with zero attached hydrogens (tertiary/aromatic N) is 1. The molecule has 2 rings (SSSR count). The number of aryl methyl sites for hydroxylation is 1. The van der Waals surface area contributed by atoms with E-state index in [4.69, 9.17) is 9.84 Å². The molecular weight excluding hydrogens is 288 g/mol. The number of carbonyl (C=O) groups excluding carboxylic acids is 1. The van der Waals surface area contributed by atoms with Crippen LogP contribution in [0.2, 0.25) is 0 Å². The van der Waals surface area contributed by atoms with Gasteiger partial charge in [0.25, 0.3) is 5.91 Å². The van der Waals surface area contributed by atoms with Crippen LogP contribution in [-0.2, 0) is 17.8 Å². The third-order valence-corrected chi connectivity index (χ3v) is 3.95. The van der Waals surface area contributed by atoms with Gasteiger partial charge in [-0.3, -0.25) is 10.1 Å². The SMILES string of the molecule is CCc1cnc(NC(=O)C(C)Oc2cccc(CO)c2)s1. The summed E-state index contributed by atoms with van der Waals surface area (Å²) in [4.78, 5) is 17.3. The highest BCUT2D eigenvalue weighted by molar-refractivity contribution is 7.15. The number of nitrogens with one attached hydrogen (secondary N) is 1. The maximum Gasteiger partial charge on any atom is 0.266 e.